The van der Waals surface area contributed by atoms with Gasteiger partial charge >= 0.3 is 5.69 Å². The lowest BCUT2D eigenvalue weighted by atomic mass is 10.2. The van der Waals surface area contributed by atoms with Crippen molar-refractivity contribution >= 4 is 22.8 Å². The molecule has 1 fully saturated rings. The average Bonchev–Trinajstić information content (AvgIpc) is 3.45. The highest BCUT2D eigenvalue weighted by Crippen LogP contribution is 2.28. The van der Waals surface area contributed by atoms with E-state index in [-0.39, 0.29) is 17.4 Å². The highest BCUT2D eigenvalue weighted by Gasteiger charge is 2.24. The SMILES string of the molecule is C=CCC.CC/C=C(\C)Cn1c(=O)[nH]c2c(N)ncc(C(=O)NCC3CC3)c21. The fraction of sp³-hybridized carbons (Fsp3) is 0.476. The summed E-state index contributed by atoms with van der Waals surface area (Å²) in [7, 11) is 0. The number of allylic oxidation sites excluding steroid dienone is 3. The van der Waals surface area contributed by atoms with Crippen LogP contribution in [0.25, 0.3) is 11.0 Å². The molecule has 3 rings (SSSR count). The first kappa shape index (κ1) is 21.5. The van der Waals surface area contributed by atoms with Crippen LogP contribution in [0.1, 0.15) is 56.8 Å². The molecular formula is C21H31N5O2. The van der Waals surface area contributed by atoms with Crippen molar-refractivity contribution < 1.29 is 4.79 Å². The van der Waals surface area contributed by atoms with E-state index >= 15 is 0 Å². The van der Waals surface area contributed by atoms with Gasteiger partial charge in [-0.15, -0.1) is 6.58 Å². The van der Waals surface area contributed by atoms with Crippen molar-refractivity contribution in [2.45, 2.75) is 53.0 Å². The van der Waals surface area contributed by atoms with Crippen LogP contribution in [0, 0.1) is 5.92 Å². The third-order valence-corrected chi connectivity index (χ3v) is 4.57. The van der Waals surface area contributed by atoms with E-state index in [9.17, 15) is 9.59 Å². The van der Waals surface area contributed by atoms with E-state index < -0.39 is 0 Å². The number of nitrogens with zero attached hydrogens (tertiary/aromatic N) is 2. The van der Waals surface area contributed by atoms with Crippen LogP contribution in [0.2, 0.25) is 0 Å². The van der Waals surface area contributed by atoms with Crippen LogP contribution in [0.5, 0.6) is 0 Å². The van der Waals surface area contributed by atoms with Crippen molar-refractivity contribution in [3.8, 4) is 0 Å². The molecule has 1 amide bonds. The third kappa shape index (κ3) is 5.34. The maximum atomic E-state index is 12.5. The Morgan fingerprint density at radius 2 is 2.11 bits per heavy atom. The topological polar surface area (TPSA) is 106 Å². The smallest absolute Gasteiger partial charge is 0.326 e. The van der Waals surface area contributed by atoms with Crippen molar-refractivity contribution in [1.29, 1.82) is 0 Å². The lowest BCUT2D eigenvalue weighted by Gasteiger charge is -2.10. The molecule has 0 radical (unpaired) electrons. The Morgan fingerprint density at radius 3 is 2.68 bits per heavy atom. The molecular weight excluding hydrogens is 354 g/mol. The van der Waals surface area contributed by atoms with E-state index in [0.29, 0.717) is 35.6 Å². The number of aromatic nitrogens is 3. The molecule has 0 aromatic carbocycles. The van der Waals surface area contributed by atoms with Gasteiger partial charge in [-0.3, -0.25) is 9.36 Å². The number of anilines is 1. The standard InChI is InChI=1S/C17H23N5O2.C4H8/c1-3-4-10(2)9-22-14-12(16(23)20-7-11-5-6-11)8-19-15(18)13(14)21-17(22)24;1-3-4-2/h4,8,11H,3,5-7,9H2,1-2H3,(H2,18,19)(H,20,23)(H,21,24);3H,1,4H2,2H3/b10-4+;. The number of carbonyl (C=O) groups excluding carboxylic acids is 1. The number of carbonyl (C=O) groups is 1. The molecule has 7 heteroatoms. The Labute approximate surface area is 165 Å². The van der Waals surface area contributed by atoms with Crippen molar-refractivity contribution in [3.05, 3.63) is 46.5 Å². The molecule has 0 bridgehead atoms. The average molecular weight is 386 g/mol. The monoisotopic (exact) mass is 385 g/mol. The summed E-state index contributed by atoms with van der Waals surface area (Å²) in [6, 6.07) is 0. The van der Waals surface area contributed by atoms with Crippen LogP contribution in [0.3, 0.4) is 0 Å². The Balaban J connectivity index is 0.000000640. The maximum absolute atomic E-state index is 12.5. The van der Waals surface area contributed by atoms with Gasteiger partial charge in [0.1, 0.15) is 11.3 Å². The number of aromatic amines is 1. The Morgan fingerprint density at radius 1 is 1.43 bits per heavy atom. The van der Waals surface area contributed by atoms with Gasteiger partial charge in [0.15, 0.2) is 0 Å². The molecule has 2 heterocycles. The number of nitrogen functional groups attached to an aromatic ring is 1. The summed E-state index contributed by atoms with van der Waals surface area (Å²) in [5, 5.41) is 2.92. The van der Waals surface area contributed by atoms with E-state index in [1.807, 2.05) is 19.9 Å². The zero-order valence-electron chi connectivity index (χ0n) is 17.0. The lowest BCUT2D eigenvalue weighted by Crippen LogP contribution is -2.27. The van der Waals surface area contributed by atoms with Crippen molar-refractivity contribution in [2.24, 2.45) is 5.92 Å². The summed E-state index contributed by atoms with van der Waals surface area (Å²) >= 11 is 0. The van der Waals surface area contributed by atoms with E-state index in [0.717, 1.165) is 31.3 Å². The molecule has 1 aliphatic rings. The number of nitrogens with one attached hydrogen (secondary N) is 2. The number of imidazole rings is 1. The molecule has 2 aromatic heterocycles. The number of hydrogen-bond donors (Lipinski definition) is 3. The minimum Gasteiger partial charge on any atom is -0.382 e. The number of rotatable bonds is 7. The van der Waals surface area contributed by atoms with Crippen LogP contribution in [-0.4, -0.2) is 27.0 Å². The van der Waals surface area contributed by atoms with Gasteiger partial charge in [-0.1, -0.05) is 31.6 Å². The third-order valence-electron chi connectivity index (χ3n) is 4.57. The highest BCUT2D eigenvalue weighted by atomic mass is 16.2. The predicted octanol–water partition coefficient (Wildman–Crippen LogP) is 3.39. The predicted molar refractivity (Wildman–Crippen MR) is 114 cm³/mol. The number of fused-ring (bicyclic) bond motifs is 1. The molecule has 1 saturated carbocycles. The molecule has 2 aromatic rings. The number of H-pyrrole nitrogens is 1. The first-order chi connectivity index (χ1) is 13.4. The van der Waals surface area contributed by atoms with Gasteiger partial charge in [0.25, 0.3) is 5.91 Å². The van der Waals surface area contributed by atoms with Crippen molar-refractivity contribution in [1.82, 2.24) is 19.9 Å². The molecule has 0 spiro atoms. The van der Waals surface area contributed by atoms with Gasteiger partial charge in [0.2, 0.25) is 0 Å². The molecule has 152 valence electrons. The summed E-state index contributed by atoms with van der Waals surface area (Å²) < 4.78 is 1.56. The van der Waals surface area contributed by atoms with Crippen molar-refractivity contribution in [2.75, 3.05) is 12.3 Å². The van der Waals surface area contributed by atoms with E-state index in [4.69, 9.17) is 5.73 Å². The zero-order chi connectivity index (χ0) is 20.7. The molecule has 1 aliphatic carbocycles. The molecule has 0 unspecified atom stereocenters. The molecule has 0 saturated heterocycles. The fourth-order valence-corrected chi connectivity index (χ4v) is 2.83. The zero-order valence-corrected chi connectivity index (χ0v) is 17.0. The highest BCUT2D eigenvalue weighted by molar-refractivity contribution is 6.06. The summed E-state index contributed by atoms with van der Waals surface area (Å²) in [5.41, 5.74) is 7.97. The Kier molecular flexibility index (Phi) is 7.61. The number of hydrogen-bond acceptors (Lipinski definition) is 4. The Hall–Kier alpha value is -2.83. The largest absolute Gasteiger partial charge is 0.382 e. The van der Waals surface area contributed by atoms with Gasteiger partial charge in [-0.2, -0.15) is 0 Å². The van der Waals surface area contributed by atoms with E-state index in [2.05, 4.69) is 34.9 Å². The lowest BCUT2D eigenvalue weighted by molar-refractivity contribution is 0.0953. The second-order valence-corrected chi connectivity index (χ2v) is 7.11. The Bertz CT molecular complexity index is 919. The molecule has 7 nitrogen and oxygen atoms in total. The van der Waals surface area contributed by atoms with Crippen LogP contribution in [0.15, 0.2) is 35.3 Å². The van der Waals surface area contributed by atoms with Gasteiger partial charge in [-0.05, 0) is 38.5 Å². The molecule has 0 aliphatic heterocycles. The van der Waals surface area contributed by atoms with Gasteiger partial charge in [-0.25, -0.2) is 9.78 Å². The molecule has 0 atom stereocenters. The van der Waals surface area contributed by atoms with Crippen LogP contribution in [0.4, 0.5) is 5.82 Å². The molecule has 28 heavy (non-hydrogen) atoms. The minimum atomic E-state index is -0.287. The van der Waals surface area contributed by atoms with E-state index in [1.165, 1.54) is 6.20 Å². The van der Waals surface area contributed by atoms with Crippen LogP contribution >= 0.6 is 0 Å². The first-order valence-corrected chi connectivity index (χ1v) is 9.84. The second-order valence-electron chi connectivity index (χ2n) is 7.11. The summed E-state index contributed by atoms with van der Waals surface area (Å²) in [4.78, 5) is 31.7. The van der Waals surface area contributed by atoms with Crippen molar-refractivity contribution in [3.63, 3.8) is 0 Å². The summed E-state index contributed by atoms with van der Waals surface area (Å²) in [6.45, 7) is 10.6. The minimum absolute atomic E-state index is 0.218. The molecule has 4 N–H and O–H groups in total. The fourth-order valence-electron chi connectivity index (χ4n) is 2.83. The first-order valence-electron chi connectivity index (χ1n) is 9.84. The summed E-state index contributed by atoms with van der Waals surface area (Å²) in [6.07, 6.45) is 9.67. The van der Waals surface area contributed by atoms with Gasteiger partial charge in [0.05, 0.1) is 11.1 Å². The normalized spacial score (nSPS) is 13.8. The maximum Gasteiger partial charge on any atom is 0.326 e. The van der Waals surface area contributed by atoms with E-state index in [1.54, 1.807) is 4.57 Å². The van der Waals surface area contributed by atoms with Gasteiger partial charge < -0.3 is 16.0 Å². The van der Waals surface area contributed by atoms with Crippen LogP contribution < -0.4 is 16.7 Å². The quantitative estimate of drug-likeness (QED) is 0.635. The van der Waals surface area contributed by atoms with Gasteiger partial charge in [0, 0.05) is 19.3 Å². The number of amides is 1. The summed E-state index contributed by atoms with van der Waals surface area (Å²) in [5.74, 6) is 0.579. The number of pyridine rings is 1. The number of nitrogens with two attached hydrogens (primary N) is 1. The van der Waals surface area contributed by atoms with Crippen LogP contribution in [-0.2, 0) is 6.54 Å². The second kappa shape index (κ2) is 9.92.